The van der Waals surface area contributed by atoms with Crippen LogP contribution in [0.4, 0.5) is 0 Å². The van der Waals surface area contributed by atoms with Crippen molar-refractivity contribution in [1.29, 1.82) is 0 Å². The number of fused-ring (bicyclic) bond motifs is 1. The fourth-order valence-corrected chi connectivity index (χ4v) is 3.39. The van der Waals surface area contributed by atoms with Crippen LogP contribution in [-0.2, 0) is 16.0 Å². The van der Waals surface area contributed by atoms with Gasteiger partial charge in [-0.25, -0.2) is 14.5 Å². The molecule has 0 unspecified atom stereocenters. The molecule has 2 heterocycles. The van der Waals surface area contributed by atoms with Crippen molar-refractivity contribution in [2.45, 2.75) is 59.4 Å². The van der Waals surface area contributed by atoms with Gasteiger partial charge >= 0.3 is 5.97 Å². The fourth-order valence-electron chi connectivity index (χ4n) is 3.39. The normalized spacial score (nSPS) is 11.3. The van der Waals surface area contributed by atoms with Crippen molar-refractivity contribution in [1.82, 2.24) is 20.1 Å². The number of amides is 1. The quantitative estimate of drug-likeness (QED) is 0.398. The Hall–Kier alpha value is -3.22. The van der Waals surface area contributed by atoms with Crippen LogP contribution in [0, 0.1) is 6.92 Å². The van der Waals surface area contributed by atoms with Gasteiger partial charge in [-0.2, -0.15) is 5.10 Å². The highest BCUT2D eigenvalue weighted by Gasteiger charge is 2.20. The van der Waals surface area contributed by atoms with Gasteiger partial charge in [0.25, 0.3) is 0 Å². The predicted octanol–water partition coefficient (Wildman–Crippen LogP) is 4.35. The van der Waals surface area contributed by atoms with E-state index in [1.165, 1.54) is 5.56 Å². The largest absolute Gasteiger partial charge is 0.460 e. The van der Waals surface area contributed by atoms with E-state index >= 15 is 0 Å². The molecule has 0 saturated heterocycles. The van der Waals surface area contributed by atoms with Crippen molar-refractivity contribution < 1.29 is 14.3 Å². The van der Waals surface area contributed by atoms with Crippen molar-refractivity contribution in [3.63, 3.8) is 0 Å². The third kappa shape index (κ3) is 5.72. The Kier molecular flexibility index (Phi) is 7.62. The second kappa shape index (κ2) is 10.4. The number of ether oxygens (including phenoxy) is 1. The lowest BCUT2D eigenvalue weighted by Crippen LogP contribution is -2.28. The number of hydrogen-bond donors (Lipinski definition) is 1. The van der Waals surface area contributed by atoms with Gasteiger partial charge in [0.1, 0.15) is 6.61 Å². The minimum absolute atomic E-state index is 0.0618. The topological polar surface area (TPSA) is 86.1 Å². The van der Waals surface area contributed by atoms with Gasteiger partial charge in [0.15, 0.2) is 5.65 Å². The first-order chi connectivity index (χ1) is 15.3. The molecule has 0 atom stereocenters. The highest BCUT2D eigenvalue weighted by molar-refractivity contribution is 6.02. The van der Waals surface area contributed by atoms with Gasteiger partial charge in [0, 0.05) is 18.2 Å². The highest BCUT2D eigenvalue weighted by atomic mass is 16.5. The summed E-state index contributed by atoms with van der Waals surface area (Å²) in [4.78, 5) is 29.6. The van der Waals surface area contributed by atoms with E-state index in [0.29, 0.717) is 29.4 Å². The molecule has 0 radical (unpaired) electrons. The molecule has 1 amide bonds. The van der Waals surface area contributed by atoms with E-state index in [2.05, 4.69) is 10.4 Å². The zero-order chi connectivity index (χ0) is 23.3. The van der Waals surface area contributed by atoms with E-state index in [0.717, 1.165) is 11.3 Å². The summed E-state index contributed by atoms with van der Waals surface area (Å²) in [7, 11) is 0. The summed E-state index contributed by atoms with van der Waals surface area (Å²) in [5.74, 6) is -0.334. The van der Waals surface area contributed by atoms with Crippen LogP contribution in [0.15, 0.2) is 36.5 Å². The Balaban J connectivity index is 1.56. The van der Waals surface area contributed by atoms with Crippen LogP contribution in [-0.4, -0.2) is 39.8 Å². The van der Waals surface area contributed by atoms with E-state index in [-0.39, 0.29) is 31.0 Å². The molecule has 0 aliphatic heterocycles. The lowest BCUT2D eigenvalue weighted by atomic mass is 10.1. The third-order valence-electron chi connectivity index (χ3n) is 5.31. The number of carbonyl (C=O) groups excluding carboxylic acids is 2. The minimum atomic E-state index is -0.434. The first kappa shape index (κ1) is 23.4. The molecule has 32 heavy (non-hydrogen) atoms. The lowest BCUT2D eigenvalue weighted by molar-refractivity contribution is -0.121. The zero-order valence-corrected chi connectivity index (χ0v) is 19.5. The molecule has 0 saturated carbocycles. The molecular formula is C25H32N4O3. The average molecular weight is 437 g/mol. The van der Waals surface area contributed by atoms with Crippen molar-refractivity contribution >= 4 is 22.9 Å². The van der Waals surface area contributed by atoms with Gasteiger partial charge in [-0.15, -0.1) is 0 Å². The molecule has 0 fully saturated rings. The van der Waals surface area contributed by atoms with Gasteiger partial charge in [-0.1, -0.05) is 43.7 Å². The van der Waals surface area contributed by atoms with Gasteiger partial charge < -0.3 is 10.1 Å². The van der Waals surface area contributed by atoms with E-state index in [1.54, 1.807) is 12.3 Å². The minimum Gasteiger partial charge on any atom is -0.460 e. The molecule has 3 rings (SSSR count). The standard InChI is InChI=1S/C25H32N4O3/c1-16(2)22-14-20(21-15-27-29(17(3)4)24(21)28-22)25(31)32-13-12-26-23(30)11-10-19-8-6-18(5)7-9-19/h6-9,14-17H,10-13H2,1-5H3,(H,26,30). The molecule has 7 nitrogen and oxygen atoms in total. The molecule has 7 heteroatoms. The Morgan fingerprint density at radius 3 is 2.50 bits per heavy atom. The van der Waals surface area contributed by atoms with Crippen LogP contribution in [0.1, 0.15) is 73.3 Å². The Bertz CT molecular complexity index is 1080. The molecule has 170 valence electrons. The number of hydrogen-bond acceptors (Lipinski definition) is 5. The molecule has 0 aliphatic carbocycles. The maximum absolute atomic E-state index is 12.8. The molecule has 1 aromatic carbocycles. The van der Waals surface area contributed by atoms with Gasteiger partial charge in [-0.05, 0) is 44.7 Å². The van der Waals surface area contributed by atoms with Crippen molar-refractivity contribution in [2.75, 3.05) is 13.2 Å². The molecule has 2 aromatic heterocycles. The molecule has 1 N–H and O–H groups in total. The van der Waals surface area contributed by atoms with Crippen LogP contribution in [0.5, 0.6) is 0 Å². The predicted molar refractivity (Wildman–Crippen MR) is 125 cm³/mol. The Labute approximate surface area is 189 Å². The molecule has 0 spiro atoms. The summed E-state index contributed by atoms with van der Waals surface area (Å²) in [6.45, 7) is 10.5. The van der Waals surface area contributed by atoms with Crippen LogP contribution in [0.3, 0.4) is 0 Å². The fraction of sp³-hybridized carbons (Fsp3) is 0.440. The summed E-state index contributed by atoms with van der Waals surface area (Å²) < 4.78 is 7.26. The van der Waals surface area contributed by atoms with Crippen LogP contribution in [0.2, 0.25) is 0 Å². The SMILES string of the molecule is Cc1ccc(CCC(=O)NCCOC(=O)c2cc(C(C)C)nc3c2cnn3C(C)C)cc1. The number of rotatable bonds is 9. The molecule has 3 aromatic rings. The lowest BCUT2D eigenvalue weighted by Gasteiger charge is -2.12. The van der Waals surface area contributed by atoms with E-state index in [1.807, 2.05) is 63.6 Å². The second-order valence-electron chi connectivity index (χ2n) is 8.64. The van der Waals surface area contributed by atoms with E-state index < -0.39 is 5.97 Å². The Morgan fingerprint density at radius 1 is 1.12 bits per heavy atom. The van der Waals surface area contributed by atoms with Crippen molar-refractivity contribution in [2.24, 2.45) is 0 Å². The van der Waals surface area contributed by atoms with Crippen LogP contribution < -0.4 is 5.32 Å². The van der Waals surface area contributed by atoms with Crippen LogP contribution >= 0.6 is 0 Å². The van der Waals surface area contributed by atoms with Crippen LogP contribution in [0.25, 0.3) is 11.0 Å². The first-order valence-corrected chi connectivity index (χ1v) is 11.1. The monoisotopic (exact) mass is 436 g/mol. The van der Waals surface area contributed by atoms with E-state index in [9.17, 15) is 9.59 Å². The average Bonchev–Trinajstić information content (AvgIpc) is 3.20. The highest BCUT2D eigenvalue weighted by Crippen LogP contribution is 2.24. The number of nitrogens with zero attached hydrogens (tertiary/aromatic N) is 3. The first-order valence-electron chi connectivity index (χ1n) is 11.1. The smallest absolute Gasteiger partial charge is 0.339 e. The second-order valence-corrected chi connectivity index (χ2v) is 8.64. The summed E-state index contributed by atoms with van der Waals surface area (Å²) in [6, 6.07) is 10.1. The maximum Gasteiger partial charge on any atom is 0.339 e. The Morgan fingerprint density at radius 2 is 1.84 bits per heavy atom. The molecule has 0 aliphatic rings. The summed E-state index contributed by atoms with van der Waals surface area (Å²) in [5, 5.41) is 7.89. The van der Waals surface area contributed by atoms with Gasteiger partial charge in [0.2, 0.25) is 5.91 Å². The molecule has 0 bridgehead atoms. The number of carbonyl (C=O) groups is 2. The zero-order valence-electron chi connectivity index (χ0n) is 19.5. The van der Waals surface area contributed by atoms with Gasteiger partial charge in [0.05, 0.1) is 23.7 Å². The number of aromatic nitrogens is 3. The number of esters is 1. The number of nitrogens with one attached hydrogen (secondary N) is 1. The summed E-state index contributed by atoms with van der Waals surface area (Å²) in [5.41, 5.74) is 4.28. The van der Waals surface area contributed by atoms with E-state index in [4.69, 9.17) is 9.72 Å². The van der Waals surface area contributed by atoms with Gasteiger partial charge in [-0.3, -0.25) is 4.79 Å². The number of pyridine rings is 1. The summed E-state index contributed by atoms with van der Waals surface area (Å²) >= 11 is 0. The summed E-state index contributed by atoms with van der Waals surface area (Å²) in [6.07, 6.45) is 2.74. The number of aryl methyl sites for hydroxylation is 2. The third-order valence-corrected chi connectivity index (χ3v) is 5.31. The number of benzene rings is 1. The van der Waals surface area contributed by atoms with Crippen molar-refractivity contribution in [3.05, 3.63) is 58.9 Å². The molecular weight excluding hydrogens is 404 g/mol. The maximum atomic E-state index is 12.8. The van der Waals surface area contributed by atoms with Crippen molar-refractivity contribution in [3.8, 4) is 0 Å².